The fourth-order valence-electron chi connectivity index (χ4n) is 3.29. The van der Waals surface area contributed by atoms with Crippen molar-refractivity contribution in [3.05, 3.63) is 102 Å². The smallest absolute Gasteiger partial charge is 0.140 e. The van der Waals surface area contributed by atoms with E-state index in [-0.39, 0.29) is 0 Å². The quantitative estimate of drug-likeness (QED) is 0.550. The number of aliphatic hydroxyl groups is 1. The van der Waals surface area contributed by atoms with Crippen LogP contribution >= 0.6 is 0 Å². The molecular formula is C22H24OSi. The lowest BCUT2D eigenvalue weighted by Gasteiger charge is -2.34. The minimum Gasteiger partial charge on any atom is -0.376 e. The molecule has 0 atom stereocenters. The Hall–Kier alpha value is -2.16. The topological polar surface area (TPSA) is 20.2 Å². The normalized spacial score (nSPS) is 12.2. The van der Waals surface area contributed by atoms with Crippen molar-refractivity contribution in [2.75, 3.05) is 0 Å². The van der Waals surface area contributed by atoms with Crippen molar-refractivity contribution in [3.8, 4) is 0 Å². The fourth-order valence-corrected chi connectivity index (χ4v) is 4.96. The molecule has 1 N–H and O–H groups in total. The van der Waals surface area contributed by atoms with Crippen LogP contribution in [0.15, 0.2) is 84.9 Å². The molecular weight excluding hydrogens is 308 g/mol. The van der Waals surface area contributed by atoms with Gasteiger partial charge in [0.15, 0.2) is 0 Å². The Morgan fingerprint density at radius 1 is 0.625 bits per heavy atom. The van der Waals surface area contributed by atoms with E-state index in [2.05, 4.69) is 37.8 Å². The van der Waals surface area contributed by atoms with Crippen LogP contribution in [-0.4, -0.2) is 13.2 Å². The summed E-state index contributed by atoms with van der Waals surface area (Å²) in [7, 11) is -1.61. The van der Waals surface area contributed by atoms with Crippen LogP contribution in [-0.2, 0) is 5.60 Å². The molecule has 0 bridgehead atoms. The first-order chi connectivity index (χ1) is 11.4. The molecule has 0 fully saturated rings. The van der Waals surface area contributed by atoms with Gasteiger partial charge in [0.2, 0.25) is 0 Å². The van der Waals surface area contributed by atoms with E-state index in [0.29, 0.717) is 0 Å². The SMILES string of the molecule is C[Si](C)(C)c1ccccc1C(O)(c1ccccc1)c1ccccc1. The van der Waals surface area contributed by atoms with Crippen molar-refractivity contribution >= 4 is 13.3 Å². The lowest BCUT2D eigenvalue weighted by atomic mass is 9.80. The van der Waals surface area contributed by atoms with Crippen molar-refractivity contribution in [1.82, 2.24) is 0 Å². The van der Waals surface area contributed by atoms with Gasteiger partial charge in [0.25, 0.3) is 0 Å². The third kappa shape index (κ3) is 2.95. The molecule has 0 amide bonds. The predicted molar refractivity (Wildman–Crippen MR) is 104 cm³/mol. The molecule has 0 aliphatic rings. The number of hydrogen-bond donors (Lipinski definition) is 1. The minimum absolute atomic E-state index is 0.905. The molecule has 0 saturated carbocycles. The van der Waals surface area contributed by atoms with Crippen LogP contribution in [0.3, 0.4) is 0 Å². The maximum Gasteiger partial charge on any atom is 0.140 e. The van der Waals surface area contributed by atoms with Crippen molar-refractivity contribution < 1.29 is 5.11 Å². The molecule has 3 aromatic carbocycles. The largest absolute Gasteiger partial charge is 0.376 e. The molecule has 24 heavy (non-hydrogen) atoms. The second kappa shape index (κ2) is 6.38. The van der Waals surface area contributed by atoms with Crippen LogP contribution in [0.2, 0.25) is 19.6 Å². The van der Waals surface area contributed by atoms with Gasteiger partial charge in [-0.1, -0.05) is 110 Å². The zero-order valence-electron chi connectivity index (χ0n) is 14.5. The third-order valence-electron chi connectivity index (χ3n) is 4.51. The second-order valence-corrected chi connectivity index (χ2v) is 12.3. The molecule has 3 rings (SSSR count). The molecule has 122 valence electrons. The molecule has 0 aliphatic heterocycles. The van der Waals surface area contributed by atoms with Crippen LogP contribution < -0.4 is 5.19 Å². The van der Waals surface area contributed by atoms with E-state index in [1.165, 1.54) is 5.19 Å². The molecule has 1 nitrogen and oxygen atoms in total. The van der Waals surface area contributed by atoms with Crippen LogP contribution in [0.1, 0.15) is 16.7 Å². The van der Waals surface area contributed by atoms with Gasteiger partial charge in [-0.05, 0) is 16.7 Å². The molecule has 0 spiro atoms. The van der Waals surface area contributed by atoms with E-state index in [1.54, 1.807) is 0 Å². The van der Waals surface area contributed by atoms with Crippen LogP contribution in [0, 0.1) is 0 Å². The van der Waals surface area contributed by atoms with E-state index in [0.717, 1.165) is 16.7 Å². The Bertz CT molecular complexity index is 765. The van der Waals surface area contributed by atoms with Gasteiger partial charge in [-0.2, -0.15) is 0 Å². The molecule has 0 unspecified atom stereocenters. The number of hydrogen-bond acceptors (Lipinski definition) is 1. The zero-order valence-corrected chi connectivity index (χ0v) is 15.5. The first-order valence-electron chi connectivity index (χ1n) is 8.37. The maximum atomic E-state index is 12.0. The molecule has 2 heteroatoms. The van der Waals surface area contributed by atoms with Gasteiger partial charge in [-0.25, -0.2) is 0 Å². The summed E-state index contributed by atoms with van der Waals surface area (Å²) < 4.78 is 0. The average Bonchev–Trinajstić information content (AvgIpc) is 2.62. The molecule has 3 aromatic rings. The van der Waals surface area contributed by atoms with Crippen molar-refractivity contribution in [2.45, 2.75) is 25.2 Å². The van der Waals surface area contributed by atoms with Gasteiger partial charge >= 0.3 is 0 Å². The van der Waals surface area contributed by atoms with Gasteiger partial charge in [-0.3, -0.25) is 0 Å². The highest BCUT2D eigenvalue weighted by Crippen LogP contribution is 2.36. The molecule has 0 aromatic heterocycles. The molecule has 0 heterocycles. The Labute approximate surface area is 145 Å². The van der Waals surface area contributed by atoms with Crippen molar-refractivity contribution in [2.24, 2.45) is 0 Å². The summed E-state index contributed by atoms with van der Waals surface area (Å²) >= 11 is 0. The molecule has 0 saturated heterocycles. The average molecular weight is 333 g/mol. The highest BCUT2D eigenvalue weighted by Gasteiger charge is 2.37. The van der Waals surface area contributed by atoms with E-state index in [4.69, 9.17) is 0 Å². The van der Waals surface area contributed by atoms with E-state index in [9.17, 15) is 5.11 Å². The summed E-state index contributed by atoms with van der Waals surface area (Å²) in [5.41, 5.74) is 1.67. The highest BCUT2D eigenvalue weighted by atomic mass is 28.3. The predicted octanol–water partition coefficient (Wildman–Crippen LogP) is 4.52. The Morgan fingerprint density at radius 2 is 1.04 bits per heavy atom. The third-order valence-corrected chi connectivity index (χ3v) is 6.56. The first-order valence-corrected chi connectivity index (χ1v) is 11.9. The summed E-state index contributed by atoms with van der Waals surface area (Å²) in [6.07, 6.45) is 0. The second-order valence-electron chi connectivity index (χ2n) is 7.24. The summed E-state index contributed by atoms with van der Waals surface area (Å²) in [6.45, 7) is 6.96. The Kier molecular flexibility index (Phi) is 4.44. The van der Waals surface area contributed by atoms with Gasteiger partial charge in [-0.15, -0.1) is 0 Å². The van der Waals surface area contributed by atoms with E-state index >= 15 is 0 Å². The van der Waals surface area contributed by atoms with Crippen molar-refractivity contribution in [3.63, 3.8) is 0 Å². The highest BCUT2D eigenvalue weighted by molar-refractivity contribution is 6.89. The monoisotopic (exact) mass is 332 g/mol. The Balaban J connectivity index is 2.33. The Morgan fingerprint density at radius 3 is 1.50 bits per heavy atom. The van der Waals surface area contributed by atoms with Gasteiger partial charge in [0.1, 0.15) is 5.60 Å². The summed E-state index contributed by atoms with van der Waals surface area (Å²) in [5, 5.41) is 13.3. The minimum atomic E-state index is -1.61. The maximum absolute atomic E-state index is 12.0. The lowest BCUT2D eigenvalue weighted by molar-refractivity contribution is 0.126. The van der Waals surface area contributed by atoms with Gasteiger partial charge in [0.05, 0.1) is 8.07 Å². The number of rotatable bonds is 4. The first kappa shape index (κ1) is 16.7. The van der Waals surface area contributed by atoms with Crippen LogP contribution in [0.5, 0.6) is 0 Å². The summed E-state index contributed by atoms with van der Waals surface area (Å²) in [4.78, 5) is 0. The number of benzene rings is 3. The van der Waals surface area contributed by atoms with Crippen molar-refractivity contribution in [1.29, 1.82) is 0 Å². The summed E-state index contributed by atoms with van der Waals surface area (Å²) in [5.74, 6) is 0. The molecule has 0 radical (unpaired) electrons. The van der Waals surface area contributed by atoms with E-state index < -0.39 is 13.7 Å². The zero-order chi connectivity index (χ0) is 17.2. The van der Waals surface area contributed by atoms with E-state index in [1.807, 2.05) is 66.7 Å². The van der Waals surface area contributed by atoms with Crippen LogP contribution in [0.25, 0.3) is 0 Å². The van der Waals surface area contributed by atoms with Crippen LogP contribution in [0.4, 0.5) is 0 Å². The molecule has 0 aliphatic carbocycles. The van der Waals surface area contributed by atoms with Gasteiger partial charge < -0.3 is 5.11 Å². The standard InChI is InChI=1S/C22H24OSi/c1-24(2,3)21-17-11-10-16-20(21)22(23,18-12-6-4-7-13-18)19-14-8-5-9-15-19/h4-17,23H,1-3H3. The lowest BCUT2D eigenvalue weighted by Crippen LogP contribution is -2.45. The summed E-state index contributed by atoms with van der Waals surface area (Å²) in [6, 6.07) is 28.3. The fraction of sp³-hybridized carbons (Fsp3) is 0.182. The van der Waals surface area contributed by atoms with Gasteiger partial charge in [0, 0.05) is 0 Å².